The summed E-state index contributed by atoms with van der Waals surface area (Å²) < 4.78 is 13.2. The zero-order chi connectivity index (χ0) is 23.2. The van der Waals surface area contributed by atoms with Crippen LogP contribution in [0.4, 0.5) is 0 Å². The average Bonchev–Trinajstić information content (AvgIpc) is 3.25. The fraction of sp³-hybridized carbons (Fsp3) is 0.321. The molecular weight excluding hydrogens is 476 g/mol. The number of rotatable bonds is 4. The van der Waals surface area contributed by atoms with E-state index >= 15 is 0 Å². The second kappa shape index (κ2) is 8.53. The maximum atomic E-state index is 6.53. The molecule has 0 saturated heterocycles. The summed E-state index contributed by atoms with van der Waals surface area (Å²) in [6.45, 7) is 9.36. The van der Waals surface area contributed by atoms with Gasteiger partial charge in [-0.15, -0.1) is 0 Å². The molecule has 0 aromatic heterocycles. The largest absolute Gasteiger partial charge is 0.494 e. The van der Waals surface area contributed by atoms with Crippen molar-refractivity contribution in [2.75, 3.05) is 6.61 Å². The molecule has 0 unspecified atom stereocenters. The summed E-state index contributed by atoms with van der Waals surface area (Å²) in [5.74, 6) is 1.81. The van der Waals surface area contributed by atoms with Crippen LogP contribution in [0.2, 0.25) is 0 Å². The third-order valence-electron chi connectivity index (χ3n) is 6.31. The van der Waals surface area contributed by atoms with Gasteiger partial charge in [0.25, 0.3) is 0 Å². The molecule has 0 fully saturated rings. The summed E-state index contributed by atoms with van der Waals surface area (Å²) in [6, 6.07) is 23.4. The van der Waals surface area contributed by atoms with Gasteiger partial charge in [0.15, 0.2) is 0 Å². The number of hydrazone groups is 1. The van der Waals surface area contributed by atoms with E-state index in [1.165, 1.54) is 5.56 Å². The molecule has 0 radical (unpaired) electrons. The highest BCUT2D eigenvalue weighted by Gasteiger charge is 2.41. The lowest BCUT2D eigenvalue weighted by molar-refractivity contribution is -0.0191. The first kappa shape index (κ1) is 22.0. The molecule has 3 aromatic carbocycles. The van der Waals surface area contributed by atoms with Crippen molar-refractivity contribution in [2.45, 2.75) is 51.8 Å². The molecule has 3 aromatic rings. The molecule has 0 amide bonds. The average molecular weight is 505 g/mol. The van der Waals surface area contributed by atoms with Crippen molar-refractivity contribution in [3.63, 3.8) is 0 Å². The summed E-state index contributed by atoms with van der Waals surface area (Å²) in [5, 5.41) is 7.21. The van der Waals surface area contributed by atoms with E-state index in [0.29, 0.717) is 6.61 Å². The molecule has 170 valence electrons. The third kappa shape index (κ3) is 4.26. The van der Waals surface area contributed by atoms with Crippen LogP contribution >= 0.6 is 15.9 Å². The standard InChI is InChI=1S/C28H29BrN2O2/c1-5-32-22-13-8-18(9-14-22)24-17-25-23-16-21(29)12-15-26(23)33-27(31(25)30-24)19-6-10-20(11-7-19)28(2,3)4/h6-16,25,27H,5,17H2,1-4H3/t25-,27+/m1/s1. The second-order valence-corrected chi connectivity index (χ2v) is 10.5. The lowest BCUT2D eigenvalue weighted by Gasteiger charge is -2.38. The lowest BCUT2D eigenvalue weighted by atomic mass is 9.86. The van der Waals surface area contributed by atoms with E-state index in [1.807, 2.05) is 25.1 Å². The van der Waals surface area contributed by atoms with E-state index in [1.54, 1.807) is 0 Å². The molecule has 5 rings (SSSR count). The highest BCUT2D eigenvalue weighted by molar-refractivity contribution is 9.10. The van der Waals surface area contributed by atoms with Crippen molar-refractivity contribution in [1.82, 2.24) is 5.01 Å². The molecule has 0 saturated carbocycles. The maximum absolute atomic E-state index is 6.53. The van der Waals surface area contributed by atoms with E-state index in [4.69, 9.17) is 14.6 Å². The van der Waals surface area contributed by atoms with Gasteiger partial charge in [-0.2, -0.15) is 5.10 Å². The van der Waals surface area contributed by atoms with Gasteiger partial charge in [0.2, 0.25) is 6.23 Å². The van der Waals surface area contributed by atoms with Crippen molar-refractivity contribution in [1.29, 1.82) is 0 Å². The van der Waals surface area contributed by atoms with Gasteiger partial charge in [-0.05, 0) is 65.9 Å². The molecule has 33 heavy (non-hydrogen) atoms. The fourth-order valence-corrected chi connectivity index (χ4v) is 4.89. The van der Waals surface area contributed by atoms with Gasteiger partial charge in [-0.1, -0.05) is 61.0 Å². The third-order valence-corrected chi connectivity index (χ3v) is 6.81. The molecule has 2 heterocycles. The molecule has 4 nitrogen and oxygen atoms in total. The Kier molecular flexibility index (Phi) is 5.69. The van der Waals surface area contributed by atoms with E-state index in [0.717, 1.165) is 44.8 Å². The number of ether oxygens (including phenoxy) is 2. The molecular formula is C28H29BrN2O2. The second-order valence-electron chi connectivity index (χ2n) is 9.63. The van der Waals surface area contributed by atoms with E-state index in [2.05, 4.69) is 90.2 Å². The van der Waals surface area contributed by atoms with Crippen LogP contribution in [0.5, 0.6) is 11.5 Å². The maximum Gasteiger partial charge on any atom is 0.213 e. The van der Waals surface area contributed by atoms with Crippen LogP contribution in [-0.2, 0) is 5.41 Å². The highest BCUT2D eigenvalue weighted by atomic mass is 79.9. The monoisotopic (exact) mass is 504 g/mol. The highest BCUT2D eigenvalue weighted by Crippen LogP contribution is 2.48. The molecule has 2 aliphatic rings. The quantitative estimate of drug-likeness (QED) is 0.371. The summed E-state index contributed by atoms with van der Waals surface area (Å²) in [4.78, 5) is 0. The smallest absolute Gasteiger partial charge is 0.213 e. The van der Waals surface area contributed by atoms with Crippen LogP contribution in [-0.4, -0.2) is 17.3 Å². The normalized spacial score (nSPS) is 19.4. The zero-order valence-corrected chi connectivity index (χ0v) is 21.1. The van der Waals surface area contributed by atoms with E-state index in [-0.39, 0.29) is 17.7 Å². The molecule has 0 N–H and O–H groups in total. The molecule has 2 atom stereocenters. The van der Waals surface area contributed by atoms with Gasteiger partial charge in [0, 0.05) is 22.0 Å². The Balaban J connectivity index is 1.52. The number of halogens is 1. The van der Waals surface area contributed by atoms with Gasteiger partial charge in [-0.3, -0.25) is 0 Å². The minimum atomic E-state index is -0.266. The fourth-order valence-electron chi connectivity index (χ4n) is 4.51. The van der Waals surface area contributed by atoms with Crippen molar-refractivity contribution in [3.8, 4) is 11.5 Å². The first-order chi connectivity index (χ1) is 15.8. The lowest BCUT2D eigenvalue weighted by Crippen LogP contribution is -2.33. The van der Waals surface area contributed by atoms with Gasteiger partial charge in [0.1, 0.15) is 11.5 Å². The number of nitrogens with zero attached hydrogens (tertiary/aromatic N) is 2. The Morgan fingerprint density at radius 1 is 1.03 bits per heavy atom. The van der Waals surface area contributed by atoms with Crippen LogP contribution in [0.3, 0.4) is 0 Å². The SMILES string of the molecule is CCOc1ccc(C2=NN3[C@H](C2)c2cc(Br)ccc2O[C@H]3c2ccc(C(C)(C)C)cc2)cc1. The summed E-state index contributed by atoms with van der Waals surface area (Å²) in [5.41, 5.74) is 5.87. The Bertz CT molecular complexity index is 1180. The number of fused-ring (bicyclic) bond motifs is 3. The van der Waals surface area contributed by atoms with Crippen LogP contribution in [0.1, 0.15) is 68.6 Å². The Hall–Kier alpha value is -2.79. The molecule has 0 bridgehead atoms. The van der Waals surface area contributed by atoms with Crippen molar-refractivity contribution in [2.24, 2.45) is 5.10 Å². The van der Waals surface area contributed by atoms with Crippen molar-refractivity contribution < 1.29 is 9.47 Å². The number of benzene rings is 3. The van der Waals surface area contributed by atoms with Gasteiger partial charge >= 0.3 is 0 Å². The Morgan fingerprint density at radius 2 is 1.76 bits per heavy atom. The summed E-state index contributed by atoms with van der Waals surface area (Å²) in [6.07, 6.45) is 0.565. The predicted molar refractivity (Wildman–Crippen MR) is 136 cm³/mol. The van der Waals surface area contributed by atoms with Crippen molar-refractivity contribution >= 4 is 21.6 Å². The molecule has 2 aliphatic heterocycles. The van der Waals surface area contributed by atoms with Gasteiger partial charge < -0.3 is 9.47 Å². The van der Waals surface area contributed by atoms with Crippen LogP contribution in [0, 0.1) is 0 Å². The van der Waals surface area contributed by atoms with Crippen LogP contribution in [0.25, 0.3) is 0 Å². The topological polar surface area (TPSA) is 34.1 Å². The minimum absolute atomic E-state index is 0.111. The first-order valence-electron chi connectivity index (χ1n) is 11.5. The van der Waals surface area contributed by atoms with Gasteiger partial charge in [0.05, 0.1) is 18.4 Å². The summed E-state index contributed by atoms with van der Waals surface area (Å²) in [7, 11) is 0. The number of hydrogen-bond acceptors (Lipinski definition) is 4. The van der Waals surface area contributed by atoms with Crippen LogP contribution < -0.4 is 9.47 Å². The number of hydrogen-bond donors (Lipinski definition) is 0. The van der Waals surface area contributed by atoms with Crippen LogP contribution in [0.15, 0.2) is 76.3 Å². The summed E-state index contributed by atoms with van der Waals surface area (Å²) >= 11 is 3.63. The molecule has 5 heteroatoms. The Morgan fingerprint density at radius 3 is 2.42 bits per heavy atom. The minimum Gasteiger partial charge on any atom is -0.494 e. The zero-order valence-electron chi connectivity index (χ0n) is 19.5. The molecule has 0 aliphatic carbocycles. The van der Waals surface area contributed by atoms with E-state index < -0.39 is 0 Å². The predicted octanol–water partition coefficient (Wildman–Crippen LogP) is 7.39. The van der Waals surface area contributed by atoms with Crippen molar-refractivity contribution in [3.05, 3.63) is 93.5 Å². The van der Waals surface area contributed by atoms with E-state index in [9.17, 15) is 0 Å². The first-order valence-corrected chi connectivity index (χ1v) is 12.3. The Labute approximate surface area is 204 Å². The molecule has 0 spiro atoms. The van der Waals surface area contributed by atoms with Gasteiger partial charge in [-0.25, -0.2) is 5.01 Å².